The van der Waals surface area contributed by atoms with Crippen molar-refractivity contribution in [3.8, 4) is 5.69 Å². The number of furan rings is 1. The zero-order chi connectivity index (χ0) is 24.1. The molecule has 2 heterocycles. The molecule has 0 spiro atoms. The molecular weight excluding hydrogens is 494 g/mol. The molecule has 4 rings (SSSR count). The molecule has 4 aromatic rings. The van der Waals surface area contributed by atoms with Gasteiger partial charge in [0.2, 0.25) is 0 Å². The van der Waals surface area contributed by atoms with E-state index in [0.29, 0.717) is 29.0 Å². The van der Waals surface area contributed by atoms with Crippen LogP contribution in [0, 0.1) is 0 Å². The van der Waals surface area contributed by atoms with E-state index in [-0.39, 0.29) is 17.2 Å². The summed E-state index contributed by atoms with van der Waals surface area (Å²) in [5.41, 5.74) is 1.15. The van der Waals surface area contributed by atoms with Gasteiger partial charge < -0.3 is 9.32 Å². The van der Waals surface area contributed by atoms with Crippen LogP contribution in [0.5, 0.6) is 0 Å². The fourth-order valence-corrected chi connectivity index (χ4v) is 4.40. The molecule has 7 heteroatoms. The third kappa shape index (κ3) is 4.99. The standard InChI is InChI=1S/C27H28BrN3O3/c1-3-4-5-8-17-30(27(33)24-12-9-18-34-24)19(2)25-29-23-11-7-6-10-22(23)26(32)31(25)21-15-13-20(28)14-16-21/h6-7,9-16,18-19H,3-5,8,17H2,1-2H3. The molecule has 2 aromatic carbocycles. The molecule has 2 aromatic heterocycles. The Labute approximate surface area is 207 Å². The Hall–Kier alpha value is -3.19. The average Bonchev–Trinajstić information content (AvgIpc) is 3.39. The van der Waals surface area contributed by atoms with Gasteiger partial charge in [-0.25, -0.2) is 4.98 Å². The van der Waals surface area contributed by atoms with Gasteiger partial charge in [-0.05, 0) is 61.9 Å². The van der Waals surface area contributed by atoms with Crippen LogP contribution in [0.1, 0.15) is 62.0 Å². The number of halogens is 1. The molecule has 0 aliphatic rings. The fourth-order valence-electron chi connectivity index (χ4n) is 4.13. The second-order valence-corrected chi connectivity index (χ2v) is 9.23. The molecule has 0 saturated heterocycles. The summed E-state index contributed by atoms with van der Waals surface area (Å²) in [7, 11) is 0. The van der Waals surface area contributed by atoms with Crippen LogP contribution in [-0.4, -0.2) is 26.9 Å². The molecule has 0 radical (unpaired) electrons. The minimum absolute atomic E-state index is 0.161. The number of fused-ring (bicyclic) bond motifs is 1. The molecule has 0 saturated carbocycles. The number of unbranched alkanes of at least 4 members (excludes halogenated alkanes) is 3. The molecule has 1 unspecified atom stereocenters. The smallest absolute Gasteiger partial charge is 0.290 e. The highest BCUT2D eigenvalue weighted by atomic mass is 79.9. The SMILES string of the molecule is CCCCCCN(C(=O)c1ccco1)C(C)c1nc2ccccc2c(=O)n1-c1ccc(Br)cc1. The molecule has 6 nitrogen and oxygen atoms in total. The third-order valence-electron chi connectivity index (χ3n) is 5.97. The number of rotatable bonds is 9. The van der Waals surface area contributed by atoms with E-state index in [0.717, 1.165) is 30.2 Å². The first-order chi connectivity index (χ1) is 16.5. The minimum atomic E-state index is -0.458. The van der Waals surface area contributed by atoms with E-state index in [4.69, 9.17) is 9.40 Å². The molecule has 0 fully saturated rings. The topological polar surface area (TPSA) is 68.3 Å². The summed E-state index contributed by atoms with van der Waals surface area (Å²) in [5, 5.41) is 0.535. The van der Waals surface area contributed by atoms with Crippen LogP contribution < -0.4 is 5.56 Å². The maximum absolute atomic E-state index is 13.6. The van der Waals surface area contributed by atoms with Gasteiger partial charge in [0.25, 0.3) is 11.5 Å². The lowest BCUT2D eigenvalue weighted by Gasteiger charge is -2.30. The van der Waals surface area contributed by atoms with E-state index >= 15 is 0 Å². The molecule has 34 heavy (non-hydrogen) atoms. The maximum atomic E-state index is 13.6. The van der Waals surface area contributed by atoms with E-state index in [9.17, 15) is 9.59 Å². The number of para-hydroxylation sites is 1. The Kier molecular flexibility index (Phi) is 7.63. The lowest BCUT2D eigenvalue weighted by atomic mass is 10.1. The van der Waals surface area contributed by atoms with Crippen molar-refractivity contribution >= 4 is 32.7 Å². The Morgan fingerprint density at radius 3 is 2.53 bits per heavy atom. The molecule has 0 aliphatic heterocycles. The molecule has 176 valence electrons. The second-order valence-electron chi connectivity index (χ2n) is 8.32. The highest BCUT2D eigenvalue weighted by molar-refractivity contribution is 9.10. The quantitative estimate of drug-likeness (QED) is 0.235. The zero-order valence-corrected chi connectivity index (χ0v) is 21.0. The predicted octanol–water partition coefficient (Wildman–Crippen LogP) is 6.52. The second kappa shape index (κ2) is 10.8. The molecule has 1 amide bonds. The Bertz CT molecular complexity index is 1310. The van der Waals surface area contributed by atoms with Crippen molar-refractivity contribution in [1.82, 2.24) is 14.5 Å². The monoisotopic (exact) mass is 521 g/mol. The normalized spacial score (nSPS) is 12.1. The largest absolute Gasteiger partial charge is 0.459 e. The summed E-state index contributed by atoms with van der Waals surface area (Å²) < 4.78 is 7.96. The zero-order valence-electron chi connectivity index (χ0n) is 19.4. The van der Waals surface area contributed by atoms with Crippen molar-refractivity contribution in [2.24, 2.45) is 0 Å². The minimum Gasteiger partial charge on any atom is -0.459 e. The van der Waals surface area contributed by atoms with Gasteiger partial charge in [0, 0.05) is 11.0 Å². The van der Waals surface area contributed by atoms with Crippen LogP contribution in [0.4, 0.5) is 0 Å². The van der Waals surface area contributed by atoms with Gasteiger partial charge in [0.05, 0.1) is 28.9 Å². The van der Waals surface area contributed by atoms with E-state index in [1.807, 2.05) is 49.4 Å². The number of aromatic nitrogens is 2. The van der Waals surface area contributed by atoms with Crippen LogP contribution in [0.3, 0.4) is 0 Å². The average molecular weight is 522 g/mol. The molecule has 0 bridgehead atoms. The molecule has 0 aliphatic carbocycles. The van der Waals surface area contributed by atoms with Crippen molar-refractivity contribution < 1.29 is 9.21 Å². The van der Waals surface area contributed by atoms with Gasteiger partial charge in [0.1, 0.15) is 5.82 Å². The fraction of sp³-hybridized carbons (Fsp3) is 0.296. The first-order valence-corrected chi connectivity index (χ1v) is 12.4. The van der Waals surface area contributed by atoms with E-state index in [2.05, 4.69) is 22.9 Å². The lowest BCUT2D eigenvalue weighted by molar-refractivity contribution is 0.0644. The van der Waals surface area contributed by atoms with E-state index in [1.54, 1.807) is 27.7 Å². The van der Waals surface area contributed by atoms with Crippen LogP contribution in [0.15, 0.2) is 80.6 Å². The number of carbonyl (C=O) groups is 1. The van der Waals surface area contributed by atoms with Crippen LogP contribution >= 0.6 is 15.9 Å². The maximum Gasteiger partial charge on any atom is 0.290 e. The van der Waals surface area contributed by atoms with E-state index < -0.39 is 6.04 Å². The molecule has 0 N–H and O–H groups in total. The summed E-state index contributed by atoms with van der Waals surface area (Å²) in [6, 6.07) is 17.8. The molecular formula is C27H28BrN3O3. The summed E-state index contributed by atoms with van der Waals surface area (Å²) >= 11 is 3.46. The summed E-state index contributed by atoms with van der Waals surface area (Å²) in [4.78, 5) is 33.7. The van der Waals surface area contributed by atoms with Crippen molar-refractivity contribution in [3.63, 3.8) is 0 Å². The highest BCUT2D eigenvalue weighted by Crippen LogP contribution is 2.26. The van der Waals surface area contributed by atoms with E-state index in [1.165, 1.54) is 6.26 Å². The van der Waals surface area contributed by atoms with Gasteiger partial charge in [-0.1, -0.05) is 54.2 Å². The van der Waals surface area contributed by atoms with Crippen LogP contribution in [-0.2, 0) is 0 Å². The van der Waals surface area contributed by atoms with Gasteiger partial charge >= 0.3 is 0 Å². The first-order valence-electron chi connectivity index (χ1n) is 11.6. The van der Waals surface area contributed by atoms with Crippen LogP contribution in [0.25, 0.3) is 16.6 Å². The highest BCUT2D eigenvalue weighted by Gasteiger charge is 2.28. The summed E-state index contributed by atoms with van der Waals surface area (Å²) in [6.45, 7) is 4.63. The van der Waals surface area contributed by atoms with Crippen molar-refractivity contribution in [2.75, 3.05) is 6.54 Å². The lowest BCUT2D eigenvalue weighted by Crippen LogP contribution is -2.38. The van der Waals surface area contributed by atoms with Crippen molar-refractivity contribution in [1.29, 1.82) is 0 Å². The first kappa shape index (κ1) is 24.0. The van der Waals surface area contributed by atoms with Crippen molar-refractivity contribution in [3.05, 3.63) is 93.3 Å². The van der Waals surface area contributed by atoms with Gasteiger partial charge in [-0.15, -0.1) is 0 Å². The van der Waals surface area contributed by atoms with Gasteiger partial charge in [0.15, 0.2) is 5.76 Å². The Morgan fingerprint density at radius 1 is 1.06 bits per heavy atom. The van der Waals surface area contributed by atoms with Crippen LogP contribution in [0.2, 0.25) is 0 Å². The number of amides is 1. The Morgan fingerprint density at radius 2 is 1.82 bits per heavy atom. The summed E-state index contributed by atoms with van der Waals surface area (Å²) in [5.74, 6) is 0.584. The number of benzene rings is 2. The van der Waals surface area contributed by atoms with Crippen molar-refractivity contribution in [2.45, 2.75) is 45.6 Å². The molecule has 1 atom stereocenters. The number of nitrogens with zero attached hydrogens (tertiary/aromatic N) is 3. The Balaban J connectivity index is 1.84. The summed E-state index contributed by atoms with van der Waals surface area (Å²) in [6.07, 6.45) is 5.60. The number of carbonyl (C=O) groups excluding carboxylic acids is 1. The third-order valence-corrected chi connectivity index (χ3v) is 6.50. The van der Waals surface area contributed by atoms with Gasteiger partial charge in [-0.2, -0.15) is 0 Å². The predicted molar refractivity (Wildman–Crippen MR) is 137 cm³/mol. The van der Waals surface area contributed by atoms with Gasteiger partial charge in [-0.3, -0.25) is 14.2 Å². The number of hydrogen-bond acceptors (Lipinski definition) is 4. The number of hydrogen-bond donors (Lipinski definition) is 0.